The lowest BCUT2D eigenvalue weighted by molar-refractivity contribution is -0.115. The lowest BCUT2D eigenvalue weighted by atomic mass is 9.96. The summed E-state index contributed by atoms with van der Waals surface area (Å²) in [7, 11) is 0. The maximum atomic E-state index is 11.6. The topological polar surface area (TPSA) is 55.4 Å². The van der Waals surface area contributed by atoms with Crippen LogP contribution in [0.3, 0.4) is 0 Å². The summed E-state index contributed by atoms with van der Waals surface area (Å²) in [5.41, 5.74) is 3.34. The molecule has 2 heterocycles. The number of rotatable bonds is 3. The van der Waals surface area contributed by atoms with Gasteiger partial charge in [0.2, 0.25) is 0 Å². The number of fused-ring (bicyclic) bond motifs is 1. The van der Waals surface area contributed by atoms with Gasteiger partial charge in [-0.2, -0.15) is 0 Å². The molecule has 2 aliphatic rings. The Morgan fingerprint density at radius 3 is 2.76 bits per heavy atom. The van der Waals surface area contributed by atoms with Crippen LogP contribution in [0, 0.1) is 0 Å². The van der Waals surface area contributed by atoms with Gasteiger partial charge in [-0.05, 0) is 59.5 Å². The molecule has 1 saturated heterocycles. The van der Waals surface area contributed by atoms with E-state index in [1.807, 2.05) is 36.4 Å². The molecule has 4 nitrogen and oxygen atoms in total. The van der Waals surface area contributed by atoms with Gasteiger partial charge < -0.3 is 4.74 Å². The number of ether oxygens (including phenoxy) is 1. The molecule has 0 bridgehead atoms. The lowest BCUT2D eigenvalue weighted by Crippen LogP contribution is -2.24. The number of nitrogens with one attached hydrogen (secondary N) is 1. The molecule has 0 spiro atoms. The number of aryl methyl sites for hydroxylation is 1. The van der Waals surface area contributed by atoms with E-state index in [9.17, 15) is 9.59 Å². The molecule has 2 amide bonds. The Labute approximate surface area is 150 Å². The van der Waals surface area contributed by atoms with Crippen LogP contribution in [0.15, 0.2) is 53.4 Å². The van der Waals surface area contributed by atoms with Crippen molar-refractivity contribution >= 4 is 29.0 Å². The van der Waals surface area contributed by atoms with Crippen LogP contribution in [0.2, 0.25) is 0 Å². The fraction of sp³-hybridized carbons (Fsp3) is 0.200. The van der Waals surface area contributed by atoms with Crippen LogP contribution in [-0.4, -0.2) is 17.3 Å². The zero-order chi connectivity index (χ0) is 17.2. The Balaban J connectivity index is 1.49. The van der Waals surface area contributed by atoms with E-state index in [-0.39, 0.29) is 17.3 Å². The third-order valence-corrected chi connectivity index (χ3v) is 5.17. The van der Waals surface area contributed by atoms with Crippen molar-refractivity contribution in [1.82, 2.24) is 5.32 Å². The van der Waals surface area contributed by atoms with E-state index in [4.69, 9.17) is 4.74 Å². The molecule has 5 heteroatoms. The van der Waals surface area contributed by atoms with Gasteiger partial charge in [0.1, 0.15) is 11.9 Å². The number of hydrogen-bond donors (Lipinski definition) is 1. The van der Waals surface area contributed by atoms with Crippen LogP contribution < -0.4 is 10.1 Å². The lowest BCUT2D eigenvalue weighted by Gasteiger charge is -2.26. The van der Waals surface area contributed by atoms with E-state index in [0.29, 0.717) is 4.91 Å². The number of carbonyl (C=O) groups excluding carboxylic acids is 2. The molecule has 0 aromatic heterocycles. The van der Waals surface area contributed by atoms with Gasteiger partial charge in [0, 0.05) is 6.42 Å². The number of amides is 2. The second kappa shape index (κ2) is 6.76. The predicted octanol–water partition coefficient (Wildman–Crippen LogP) is 3.95. The Morgan fingerprint density at radius 1 is 1.16 bits per heavy atom. The molecule has 0 radical (unpaired) electrons. The molecule has 4 rings (SSSR count). The molecule has 25 heavy (non-hydrogen) atoms. The van der Waals surface area contributed by atoms with Gasteiger partial charge in [0.15, 0.2) is 0 Å². The van der Waals surface area contributed by atoms with Crippen molar-refractivity contribution in [2.75, 3.05) is 0 Å². The van der Waals surface area contributed by atoms with Crippen molar-refractivity contribution in [3.63, 3.8) is 0 Å². The number of carbonyl (C=O) groups is 2. The van der Waals surface area contributed by atoms with Crippen LogP contribution >= 0.6 is 11.8 Å². The summed E-state index contributed by atoms with van der Waals surface area (Å²) in [5.74, 6) is 0.584. The van der Waals surface area contributed by atoms with Crippen LogP contribution in [-0.2, 0) is 17.6 Å². The van der Waals surface area contributed by atoms with Crippen molar-refractivity contribution in [2.24, 2.45) is 0 Å². The minimum absolute atomic E-state index is 0.188. The molecule has 126 valence electrons. The minimum Gasteiger partial charge on any atom is -0.490 e. The molecule has 2 aromatic carbocycles. The molecule has 0 aliphatic carbocycles. The number of hydrogen-bond acceptors (Lipinski definition) is 4. The average molecular weight is 351 g/mol. The highest BCUT2D eigenvalue weighted by molar-refractivity contribution is 8.18. The normalized spacial score (nSPS) is 21.0. The standard InChI is InChI=1S/C20H17NO3S/c22-19-18(25-20(23)21-19)12-14-6-9-17-15(10-14)7-8-16(24-17)11-13-4-2-1-3-5-13/h1-6,9-10,12,16H,7-8,11H2,(H,21,22,23). The van der Waals surface area contributed by atoms with Crippen LogP contribution in [0.4, 0.5) is 4.79 Å². The highest BCUT2D eigenvalue weighted by Crippen LogP contribution is 2.32. The summed E-state index contributed by atoms with van der Waals surface area (Å²) in [6.07, 6.45) is 4.76. The number of thioether (sulfide) groups is 1. The van der Waals surface area contributed by atoms with Gasteiger partial charge in [-0.25, -0.2) is 0 Å². The molecule has 0 saturated carbocycles. The van der Waals surface area contributed by atoms with E-state index in [1.54, 1.807) is 6.08 Å². The second-order valence-corrected chi connectivity index (χ2v) is 7.20. The zero-order valence-corrected chi connectivity index (χ0v) is 14.3. The Morgan fingerprint density at radius 2 is 2.00 bits per heavy atom. The van der Waals surface area contributed by atoms with Crippen molar-refractivity contribution in [3.8, 4) is 5.75 Å². The summed E-state index contributed by atoms with van der Waals surface area (Å²) in [5, 5.41) is 1.95. The van der Waals surface area contributed by atoms with Gasteiger partial charge in [0.05, 0.1) is 4.91 Å². The van der Waals surface area contributed by atoms with E-state index >= 15 is 0 Å². The minimum atomic E-state index is -0.327. The van der Waals surface area contributed by atoms with Gasteiger partial charge in [0.25, 0.3) is 11.1 Å². The average Bonchev–Trinajstić information content (AvgIpc) is 2.93. The molecule has 1 fully saturated rings. The fourth-order valence-electron chi connectivity index (χ4n) is 3.15. The Hall–Kier alpha value is -2.53. The monoisotopic (exact) mass is 351 g/mol. The first-order valence-corrected chi connectivity index (χ1v) is 9.07. The fourth-order valence-corrected chi connectivity index (χ4v) is 3.83. The highest BCUT2D eigenvalue weighted by atomic mass is 32.2. The number of benzene rings is 2. The van der Waals surface area contributed by atoms with E-state index in [0.717, 1.165) is 47.9 Å². The van der Waals surface area contributed by atoms with Crippen LogP contribution in [0.1, 0.15) is 23.1 Å². The molecule has 2 aromatic rings. The van der Waals surface area contributed by atoms with Gasteiger partial charge in [-0.1, -0.05) is 36.4 Å². The molecular formula is C20H17NO3S. The van der Waals surface area contributed by atoms with Crippen molar-refractivity contribution in [3.05, 3.63) is 70.1 Å². The van der Waals surface area contributed by atoms with E-state index in [2.05, 4.69) is 17.4 Å². The Kier molecular flexibility index (Phi) is 4.32. The van der Waals surface area contributed by atoms with Crippen molar-refractivity contribution in [2.45, 2.75) is 25.4 Å². The first-order chi connectivity index (χ1) is 12.2. The highest BCUT2D eigenvalue weighted by Gasteiger charge is 2.25. The largest absolute Gasteiger partial charge is 0.490 e. The van der Waals surface area contributed by atoms with Crippen LogP contribution in [0.5, 0.6) is 5.75 Å². The van der Waals surface area contributed by atoms with Gasteiger partial charge in [-0.15, -0.1) is 0 Å². The molecule has 1 unspecified atom stereocenters. The predicted molar refractivity (Wildman–Crippen MR) is 98.4 cm³/mol. The maximum Gasteiger partial charge on any atom is 0.290 e. The first-order valence-electron chi connectivity index (χ1n) is 8.26. The van der Waals surface area contributed by atoms with Gasteiger partial charge in [-0.3, -0.25) is 14.9 Å². The van der Waals surface area contributed by atoms with Gasteiger partial charge >= 0.3 is 0 Å². The Bertz CT molecular complexity index is 860. The summed E-state index contributed by atoms with van der Waals surface area (Å²) in [4.78, 5) is 23.3. The molecule has 1 N–H and O–H groups in total. The first kappa shape index (κ1) is 16.0. The van der Waals surface area contributed by atoms with E-state index < -0.39 is 0 Å². The SMILES string of the molecule is O=C1NC(=O)C(=Cc2ccc3c(c2)CCC(Cc2ccccc2)O3)S1. The van der Waals surface area contributed by atoms with E-state index in [1.165, 1.54) is 5.56 Å². The molecule has 1 atom stereocenters. The van der Waals surface area contributed by atoms with Crippen molar-refractivity contribution < 1.29 is 14.3 Å². The van der Waals surface area contributed by atoms with Crippen LogP contribution in [0.25, 0.3) is 6.08 Å². The quantitative estimate of drug-likeness (QED) is 0.851. The zero-order valence-electron chi connectivity index (χ0n) is 13.5. The molecule has 2 aliphatic heterocycles. The summed E-state index contributed by atoms with van der Waals surface area (Å²) >= 11 is 0.938. The number of imide groups is 1. The second-order valence-electron chi connectivity index (χ2n) is 6.19. The third-order valence-electron chi connectivity index (χ3n) is 4.36. The summed E-state index contributed by atoms with van der Waals surface area (Å²) in [6, 6.07) is 16.3. The summed E-state index contributed by atoms with van der Waals surface area (Å²) in [6.45, 7) is 0. The smallest absolute Gasteiger partial charge is 0.290 e. The third kappa shape index (κ3) is 3.61. The summed E-state index contributed by atoms with van der Waals surface area (Å²) < 4.78 is 6.14. The maximum absolute atomic E-state index is 11.6. The van der Waals surface area contributed by atoms with Crippen molar-refractivity contribution in [1.29, 1.82) is 0 Å². The molecular weight excluding hydrogens is 334 g/mol.